The summed E-state index contributed by atoms with van der Waals surface area (Å²) < 4.78 is 0. The monoisotopic (exact) mass is 331 g/mol. The van der Waals surface area contributed by atoms with Crippen molar-refractivity contribution < 1.29 is 10.2 Å². The fourth-order valence-electron chi connectivity index (χ4n) is 1.65. The number of azo groups is 1. The molecule has 3 N–H and O–H groups in total. The van der Waals surface area contributed by atoms with Crippen molar-refractivity contribution in [3.05, 3.63) is 47.5 Å². The van der Waals surface area contributed by atoms with Crippen LogP contribution < -0.4 is 5.43 Å². The number of hydrazone groups is 1. The average Bonchev–Trinajstić information content (AvgIpc) is 2.64. The van der Waals surface area contributed by atoms with Crippen LogP contribution in [-0.2, 0) is 0 Å². The largest absolute Gasteiger partial charge is 0.506 e. The molecule has 2 aromatic rings. The van der Waals surface area contributed by atoms with E-state index >= 15 is 0 Å². The number of amidine groups is 1. The molecule has 0 fully saturated rings. The molecular weight excluding hydrogens is 322 g/mol. The van der Waals surface area contributed by atoms with Crippen LogP contribution >= 0.6 is 0 Å². The van der Waals surface area contributed by atoms with Crippen molar-refractivity contribution in [1.82, 2.24) is 0 Å². The highest BCUT2D eigenvalue weighted by Crippen LogP contribution is 2.27. The number of nitrogens with one attached hydrogen (secondary N) is 1. The van der Waals surface area contributed by atoms with Gasteiger partial charge in [-0.2, -0.15) is 15.8 Å². The second kappa shape index (κ2) is 7.73. The van der Waals surface area contributed by atoms with E-state index in [1.165, 1.54) is 36.4 Å². The number of phenols is 2. The minimum absolute atomic E-state index is 0.00340. The Morgan fingerprint density at radius 3 is 2.20 bits per heavy atom. The predicted octanol–water partition coefficient (Wildman–Crippen LogP) is 2.87. The second-order valence-corrected chi connectivity index (χ2v) is 4.52. The number of aromatic hydroxyl groups is 2. The highest BCUT2D eigenvalue weighted by molar-refractivity contribution is 5.97. The number of nitriles is 3. The van der Waals surface area contributed by atoms with E-state index in [1.807, 2.05) is 12.1 Å². The van der Waals surface area contributed by atoms with E-state index in [4.69, 9.17) is 15.8 Å². The maximum atomic E-state index is 9.68. The number of phenolic OH excluding ortho intramolecular Hbond substituents is 2. The van der Waals surface area contributed by atoms with Crippen molar-refractivity contribution in [2.75, 3.05) is 5.43 Å². The van der Waals surface area contributed by atoms with Gasteiger partial charge in [0.25, 0.3) is 5.84 Å². The Hall–Kier alpha value is -4.42. The quantitative estimate of drug-likeness (QED) is 0.257. The molecule has 0 spiro atoms. The van der Waals surface area contributed by atoms with Gasteiger partial charge in [-0.15, -0.1) is 15.3 Å². The molecule has 120 valence electrons. The molecule has 2 aromatic carbocycles. The van der Waals surface area contributed by atoms with Gasteiger partial charge in [0, 0.05) is 0 Å². The van der Waals surface area contributed by atoms with Crippen LogP contribution in [0.4, 0.5) is 11.4 Å². The lowest BCUT2D eigenvalue weighted by Crippen LogP contribution is -1.96. The lowest BCUT2D eigenvalue weighted by molar-refractivity contribution is 0.476. The molecule has 9 heteroatoms. The van der Waals surface area contributed by atoms with Gasteiger partial charge in [0.15, 0.2) is 0 Å². The molecule has 0 bridgehead atoms. The van der Waals surface area contributed by atoms with Crippen molar-refractivity contribution in [2.24, 2.45) is 15.3 Å². The summed E-state index contributed by atoms with van der Waals surface area (Å²) in [5.74, 6) is -0.785. The molecule has 2 rings (SSSR count). The van der Waals surface area contributed by atoms with Gasteiger partial charge in [0.2, 0.25) is 0 Å². The molecule has 0 unspecified atom stereocenters. The van der Waals surface area contributed by atoms with Gasteiger partial charge < -0.3 is 10.2 Å². The minimum atomic E-state index is -0.400. The SMILES string of the molecule is N#CC(N=Nc1cc(C#N)ccc1O)=NNc1cc(C#N)ccc1O. The van der Waals surface area contributed by atoms with Crippen LogP contribution in [0.2, 0.25) is 0 Å². The van der Waals surface area contributed by atoms with Gasteiger partial charge in [-0.05, 0) is 36.4 Å². The summed E-state index contributed by atoms with van der Waals surface area (Å²) >= 11 is 0. The summed E-state index contributed by atoms with van der Waals surface area (Å²) in [4.78, 5) is 0. The van der Waals surface area contributed by atoms with Crippen molar-refractivity contribution >= 4 is 17.2 Å². The number of benzene rings is 2. The van der Waals surface area contributed by atoms with E-state index in [0.29, 0.717) is 0 Å². The highest BCUT2D eigenvalue weighted by atomic mass is 16.3. The third-order valence-corrected chi connectivity index (χ3v) is 2.86. The Kier molecular flexibility index (Phi) is 5.24. The molecule has 0 atom stereocenters. The molecule has 0 amide bonds. The third kappa shape index (κ3) is 4.28. The van der Waals surface area contributed by atoms with Gasteiger partial charge in [-0.25, -0.2) is 0 Å². The Balaban J connectivity index is 2.24. The van der Waals surface area contributed by atoms with E-state index in [9.17, 15) is 10.2 Å². The van der Waals surface area contributed by atoms with E-state index < -0.39 is 5.84 Å². The lowest BCUT2D eigenvalue weighted by Gasteiger charge is -2.03. The van der Waals surface area contributed by atoms with Gasteiger partial charge in [-0.1, -0.05) is 0 Å². The summed E-state index contributed by atoms with van der Waals surface area (Å²) in [6, 6.07) is 13.5. The molecule has 0 aromatic heterocycles. The molecular formula is C16H9N7O2. The van der Waals surface area contributed by atoms with E-state index in [2.05, 4.69) is 20.8 Å². The lowest BCUT2D eigenvalue weighted by atomic mass is 10.2. The molecule has 0 aliphatic heterocycles. The predicted molar refractivity (Wildman–Crippen MR) is 86.8 cm³/mol. The minimum Gasteiger partial charge on any atom is -0.506 e. The molecule has 9 nitrogen and oxygen atoms in total. The van der Waals surface area contributed by atoms with Gasteiger partial charge >= 0.3 is 0 Å². The molecule has 0 saturated carbocycles. The number of hydrogen-bond donors (Lipinski definition) is 3. The van der Waals surface area contributed by atoms with Crippen LogP contribution in [0, 0.1) is 34.0 Å². The molecule has 0 aliphatic rings. The smallest absolute Gasteiger partial charge is 0.270 e. The number of rotatable bonds is 3. The van der Waals surface area contributed by atoms with Gasteiger partial charge in [0.05, 0.1) is 29.0 Å². The molecule has 0 saturated heterocycles. The fourth-order valence-corrected chi connectivity index (χ4v) is 1.65. The second-order valence-electron chi connectivity index (χ2n) is 4.52. The first-order valence-corrected chi connectivity index (χ1v) is 6.69. The Labute approximate surface area is 142 Å². The average molecular weight is 331 g/mol. The maximum Gasteiger partial charge on any atom is 0.270 e. The van der Waals surface area contributed by atoms with Crippen LogP contribution in [0.15, 0.2) is 51.7 Å². The van der Waals surface area contributed by atoms with Crippen molar-refractivity contribution in [3.63, 3.8) is 0 Å². The molecule has 0 heterocycles. The number of hydrogen-bond acceptors (Lipinski definition) is 8. The molecule has 25 heavy (non-hydrogen) atoms. The number of anilines is 1. The first-order chi connectivity index (χ1) is 12.1. The molecule has 0 aliphatic carbocycles. The first-order valence-electron chi connectivity index (χ1n) is 6.69. The van der Waals surface area contributed by atoms with Crippen LogP contribution in [0.5, 0.6) is 11.5 Å². The standard InChI is InChI=1S/C16H9N7O2/c17-7-10-1-3-14(24)12(5-10)20-22-16(9-19)23-21-13-6-11(8-18)2-4-15(13)25/h1-6,20,24-25H. The maximum absolute atomic E-state index is 9.68. The Morgan fingerprint density at radius 2 is 1.56 bits per heavy atom. The Morgan fingerprint density at radius 1 is 0.920 bits per heavy atom. The van der Waals surface area contributed by atoms with Crippen LogP contribution in [-0.4, -0.2) is 16.0 Å². The topological polar surface area (TPSA) is 161 Å². The summed E-state index contributed by atoms with van der Waals surface area (Å²) in [7, 11) is 0. The first kappa shape index (κ1) is 16.9. The third-order valence-electron chi connectivity index (χ3n) is 2.86. The zero-order valence-corrected chi connectivity index (χ0v) is 12.5. The van der Waals surface area contributed by atoms with Gasteiger partial charge in [0.1, 0.15) is 23.3 Å². The van der Waals surface area contributed by atoms with E-state index in [1.54, 1.807) is 6.07 Å². The normalized spacial score (nSPS) is 10.7. The van der Waals surface area contributed by atoms with Crippen LogP contribution in [0.25, 0.3) is 0 Å². The summed E-state index contributed by atoms with van der Waals surface area (Å²) in [5, 5.41) is 56.9. The van der Waals surface area contributed by atoms with E-state index in [0.717, 1.165) is 0 Å². The van der Waals surface area contributed by atoms with E-state index in [-0.39, 0.29) is 34.0 Å². The van der Waals surface area contributed by atoms with Crippen molar-refractivity contribution in [1.29, 1.82) is 15.8 Å². The zero-order valence-electron chi connectivity index (χ0n) is 12.5. The van der Waals surface area contributed by atoms with Crippen molar-refractivity contribution in [3.8, 4) is 29.7 Å². The van der Waals surface area contributed by atoms with Gasteiger partial charge in [-0.3, -0.25) is 5.43 Å². The summed E-state index contributed by atoms with van der Waals surface area (Å²) in [6.07, 6.45) is 0. The highest BCUT2D eigenvalue weighted by Gasteiger charge is 2.04. The van der Waals surface area contributed by atoms with Crippen molar-refractivity contribution in [2.45, 2.75) is 0 Å². The van der Waals surface area contributed by atoms with Crippen LogP contribution in [0.1, 0.15) is 11.1 Å². The zero-order chi connectivity index (χ0) is 18.2. The fraction of sp³-hybridized carbons (Fsp3) is 0. The molecule has 0 radical (unpaired) electrons. The summed E-state index contributed by atoms with van der Waals surface area (Å²) in [5.41, 5.74) is 3.06. The number of nitrogens with zero attached hydrogens (tertiary/aromatic N) is 6. The summed E-state index contributed by atoms with van der Waals surface area (Å²) in [6.45, 7) is 0. The Bertz CT molecular complexity index is 991. The van der Waals surface area contributed by atoms with Crippen LogP contribution in [0.3, 0.4) is 0 Å².